The number of aromatic amines is 1. The van der Waals surface area contributed by atoms with Gasteiger partial charge in [0.15, 0.2) is 15.5 Å². The Balaban J connectivity index is 1.24. The molecule has 1 saturated carbocycles. The first kappa shape index (κ1) is 24.8. The predicted molar refractivity (Wildman–Crippen MR) is 132 cm³/mol. The maximum atomic E-state index is 13.3. The van der Waals surface area contributed by atoms with Gasteiger partial charge in [0.1, 0.15) is 11.9 Å². The zero-order chi connectivity index (χ0) is 26.2. The number of benzene rings is 2. The number of nitrogens with one attached hydrogen (secondary N) is 2. The second-order valence-electron chi connectivity index (χ2n) is 9.06. The fourth-order valence-electron chi connectivity index (χ4n) is 4.68. The third-order valence-corrected chi connectivity index (χ3v) is 9.02. The molecule has 190 valence electrons. The van der Waals surface area contributed by atoms with Gasteiger partial charge in [-0.05, 0) is 73.2 Å². The molecule has 0 amide bonds. The smallest absolute Gasteiger partial charge is 0.367 e. The Morgan fingerprint density at radius 2 is 1.68 bits per heavy atom. The molecule has 37 heavy (non-hydrogen) atoms. The first-order valence-electron chi connectivity index (χ1n) is 11.7. The summed E-state index contributed by atoms with van der Waals surface area (Å²) in [6, 6.07) is 16.5. The minimum absolute atomic E-state index is 0.0609. The van der Waals surface area contributed by atoms with E-state index >= 15 is 0 Å². The molecule has 1 aliphatic carbocycles. The summed E-state index contributed by atoms with van der Waals surface area (Å²) in [6.45, 7) is 0. The van der Waals surface area contributed by atoms with E-state index in [1.807, 2.05) is 24.3 Å². The van der Waals surface area contributed by atoms with Gasteiger partial charge in [-0.1, -0.05) is 18.2 Å². The molecule has 11 heteroatoms. The van der Waals surface area contributed by atoms with Crippen LogP contribution < -0.4 is 5.32 Å². The Morgan fingerprint density at radius 3 is 2.30 bits per heavy atom. The molecule has 0 saturated heterocycles. The van der Waals surface area contributed by atoms with Gasteiger partial charge in [0.25, 0.3) is 0 Å². The van der Waals surface area contributed by atoms with Crippen LogP contribution in [0.5, 0.6) is 0 Å². The van der Waals surface area contributed by atoms with Crippen LogP contribution in [-0.4, -0.2) is 34.9 Å². The van der Waals surface area contributed by atoms with Crippen molar-refractivity contribution < 1.29 is 21.6 Å². The summed E-state index contributed by atoms with van der Waals surface area (Å²) < 4.78 is 64.7. The predicted octanol–water partition coefficient (Wildman–Crippen LogP) is 5.71. The Hall–Kier alpha value is -3.91. The lowest BCUT2D eigenvalue weighted by Crippen LogP contribution is -2.33. The number of rotatable bonds is 5. The van der Waals surface area contributed by atoms with Crippen molar-refractivity contribution in [3.8, 4) is 17.2 Å². The number of alkyl halides is 3. The van der Waals surface area contributed by atoms with Gasteiger partial charge in [0.2, 0.25) is 0 Å². The molecule has 0 spiro atoms. The molecular formula is C26H22F3N5O2S. The van der Waals surface area contributed by atoms with E-state index in [-0.39, 0.29) is 10.9 Å². The standard InChI is InChI=1S/C26H22F3N5O2S/c27-26(28,29)18-4-12-25(31-15-18)32-19-5-9-21(10-6-19)37(35,36)20-7-1-16(2-8-20)17-3-11-23-22(13-17)24(14-30)34-33-23/h1-4,7-8,11-13,15,19,21H,5-6,9-10H2,(H,31,32)(H,33,34)/t19-,21-. The van der Waals surface area contributed by atoms with E-state index in [0.717, 1.165) is 28.9 Å². The van der Waals surface area contributed by atoms with Crippen molar-refractivity contribution in [2.45, 2.75) is 48.0 Å². The molecule has 1 fully saturated rings. The van der Waals surface area contributed by atoms with Crippen LogP contribution in [0.15, 0.2) is 65.7 Å². The third-order valence-electron chi connectivity index (χ3n) is 6.74. The molecule has 0 unspecified atom stereocenters. The molecule has 5 rings (SSSR count). The second-order valence-corrected chi connectivity index (χ2v) is 11.3. The fourth-order valence-corrected chi connectivity index (χ4v) is 6.47. The van der Waals surface area contributed by atoms with Crippen LogP contribution >= 0.6 is 0 Å². The summed E-state index contributed by atoms with van der Waals surface area (Å²) in [7, 11) is -3.54. The zero-order valence-electron chi connectivity index (χ0n) is 19.5. The van der Waals surface area contributed by atoms with Gasteiger partial charge in [-0.25, -0.2) is 13.4 Å². The van der Waals surface area contributed by atoms with E-state index < -0.39 is 26.8 Å². The lowest BCUT2D eigenvalue weighted by molar-refractivity contribution is -0.137. The summed E-state index contributed by atoms with van der Waals surface area (Å²) >= 11 is 0. The molecule has 4 aromatic rings. The molecule has 1 aliphatic rings. The van der Waals surface area contributed by atoms with Crippen LogP contribution in [0.3, 0.4) is 0 Å². The molecule has 0 atom stereocenters. The van der Waals surface area contributed by atoms with Gasteiger partial charge in [-0.2, -0.15) is 23.5 Å². The Labute approximate surface area is 211 Å². The minimum atomic E-state index is -4.44. The summed E-state index contributed by atoms with van der Waals surface area (Å²) in [5.74, 6) is 0.338. The van der Waals surface area contributed by atoms with E-state index in [0.29, 0.717) is 42.6 Å². The number of nitriles is 1. The lowest BCUT2D eigenvalue weighted by atomic mass is 9.95. The van der Waals surface area contributed by atoms with Gasteiger partial charge in [-0.3, -0.25) is 5.10 Å². The van der Waals surface area contributed by atoms with Crippen molar-refractivity contribution in [2.24, 2.45) is 0 Å². The fraction of sp³-hybridized carbons (Fsp3) is 0.269. The van der Waals surface area contributed by atoms with Crippen molar-refractivity contribution in [3.63, 3.8) is 0 Å². The van der Waals surface area contributed by atoms with Crippen LogP contribution in [0.4, 0.5) is 19.0 Å². The van der Waals surface area contributed by atoms with E-state index in [1.54, 1.807) is 24.3 Å². The number of sulfone groups is 1. The normalized spacial score (nSPS) is 18.4. The van der Waals surface area contributed by atoms with Crippen molar-refractivity contribution in [1.29, 1.82) is 5.26 Å². The molecule has 0 radical (unpaired) electrons. The van der Waals surface area contributed by atoms with Crippen molar-refractivity contribution in [2.75, 3.05) is 5.32 Å². The van der Waals surface area contributed by atoms with Gasteiger partial charge in [-0.15, -0.1) is 0 Å². The van der Waals surface area contributed by atoms with Crippen molar-refractivity contribution >= 4 is 26.6 Å². The Morgan fingerprint density at radius 1 is 0.973 bits per heavy atom. The molecule has 0 aliphatic heterocycles. The number of fused-ring (bicyclic) bond motifs is 1. The summed E-state index contributed by atoms with van der Waals surface area (Å²) in [5, 5.41) is 19.3. The highest BCUT2D eigenvalue weighted by Crippen LogP contribution is 2.33. The van der Waals surface area contributed by atoms with Gasteiger partial charge in [0, 0.05) is 17.6 Å². The average Bonchev–Trinajstić information content (AvgIpc) is 3.31. The highest BCUT2D eigenvalue weighted by molar-refractivity contribution is 7.92. The number of H-pyrrole nitrogens is 1. The minimum Gasteiger partial charge on any atom is -0.367 e. The first-order chi connectivity index (χ1) is 17.6. The number of nitrogens with zero attached hydrogens (tertiary/aromatic N) is 3. The molecule has 2 aromatic heterocycles. The van der Waals surface area contributed by atoms with Gasteiger partial charge in [0.05, 0.1) is 21.2 Å². The van der Waals surface area contributed by atoms with Crippen LogP contribution in [0.2, 0.25) is 0 Å². The van der Waals surface area contributed by atoms with Crippen LogP contribution in [0, 0.1) is 11.3 Å². The maximum Gasteiger partial charge on any atom is 0.417 e. The van der Waals surface area contributed by atoms with Gasteiger partial charge < -0.3 is 5.32 Å². The summed E-state index contributed by atoms with van der Waals surface area (Å²) in [6.07, 6.45) is -1.64. The third kappa shape index (κ3) is 5.02. The monoisotopic (exact) mass is 525 g/mol. The topological polar surface area (TPSA) is 112 Å². The second kappa shape index (κ2) is 9.52. The average molecular weight is 526 g/mol. The quantitative estimate of drug-likeness (QED) is 0.345. The molecular weight excluding hydrogens is 503 g/mol. The van der Waals surface area contributed by atoms with E-state index in [4.69, 9.17) is 0 Å². The number of aromatic nitrogens is 3. The van der Waals surface area contributed by atoms with Crippen LogP contribution in [0.1, 0.15) is 36.9 Å². The van der Waals surface area contributed by atoms with Gasteiger partial charge >= 0.3 is 6.18 Å². The molecule has 0 bridgehead atoms. The number of halogens is 3. The Bertz CT molecular complexity index is 1570. The van der Waals surface area contributed by atoms with E-state index in [1.165, 1.54) is 6.07 Å². The SMILES string of the molecule is N#Cc1n[nH]c2ccc(-c3ccc(S(=O)(=O)[C@H]4CC[C@H](Nc5ccc(C(F)(F)F)cn5)CC4)cc3)cc12. The Kier molecular flexibility index (Phi) is 6.37. The largest absolute Gasteiger partial charge is 0.417 e. The zero-order valence-corrected chi connectivity index (χ0v) is 20.3. The highest BCUT2D eigenvalue weighted by Gasteiger charge is 2.33. The molecule has 2 N–H and O–H groups in total. The number of anilines is 1. The van der Waals surface area contributed by atoms with Crippen LogP contribution in [0.25, 0.3) is 22.0 Å². The molecule has 2 heterocycles. The lowest BCUT2D eigenvalue weighted by Gasteiger charge is -2.29. The highest BCUT2D eigenvalue weighted by atomic mass is 32.2. The number of hydrogen-bond acceptors (Lipinski definition) is 6. The van der Waals surface area contributed by atoms with Crippen molar-refractivity contribution in [1.82, 2.24) is 15.2 Å². The maximum absolute atomic E-state index is 13.3. The molecule has 7 nitrogen and oxygen atoms in total. The first-order valence-corrected chi connectivity index (χ1v) is 13.2. The summed E-state index contributed by atoms with van der Waals surface area (Å²) in [4.78, 5) is 4.09. The van der Waals surface area contributed by atoms with Crippen molar-refractivity contribution in [3.05, 3.63) is 72.1 Å². The number of pyridine rings is 1. The summed E-state index contributed by atoms with van der Waals surface area (Å²) in [5.41, 5.74) is 1.91. The van der Waals surface area contributed by atoms with E-state index in [2.05, 4.69) is 20.5 Å². The number of hydrogen-bond donors (Lipinski definition) is 2. The molecule has 2 aromatic carbocycles. The van der Waals surface area contributed by atoms with E-state index in [9.17, 15) is 26.9 Å². The van der Waals surface area contributed by atoms with Crippen LogP contribution in [-0.2, 0) is 16.0 Å².